The Balaban J connectivity index is 1.71. The van der Waals surface area contributed by atoms with Crippen LogP contribution in [-0.2, 0) is 11.5 Å². The van der Waals surface area contributed by atoms with Crippen molar-refractivity contribution >= 4 is 40.6 Å². The predicted octanol–water partition coefficient (Wildman–Crippen LogP) is 4.43. The van der Waals surface area contributed by atoms with Gasteiger partial charge in [0, 0.05) is 23.8 Å². The number of hydrogen-bond acceptors (Lipinski definition) is 3. The van der Waals surface area contributed by atoms with Gasteiger partial charge in [0.1, 0.15) is 5.65 Å². The zero-order valence-corrected chi connectivity index (χ0v) is 13.8. The van der Waals surface area contributed by atoms with Crippen LogP contribution >= 0.6 is 35.0 Å². The molecule has 2 heterocycles. The maximum absolute atomic E-state index is 12.0. The molecular formula is C16H12Cl2N2OS. The highest BCUT2D eigenvalue weighted by Crippen LogP contribution is 2.25. The largest absolute Gasteiger partial charge is 0.269 e. The van der Waals surface area contributed by atoms with Crippen LogP contribution in [0.3, 0.4) is 0 Å². The molecule has 3 rings (SSSR count). The number of aromatic nitrogens is 2. The zero-order chi connectivity index (χ0) is 15.5. The second-order valence-corrected chi connectivity index (χ2v) is 6.56. The Morgan fingerprint density at radius 2 is 1.91 bits per heavy atom. The van der Waals surface area contributed by atoms with E-state index in [9.17, 15) is 4.79 Å². The fraction of sp³-hybridized carbons (Fsp3) is 0.125. The van der Waals surface area contributed by atoms with Crippen LogP contribution in [0.5, 0.6) is 0 Å². The molecule has 22 heavy (non-hydrogen) atoms. The predicted molar refractivity (Wildman–Crippen MR) is 92.9 cm³/mol. The molecule has 0 aliphatic rings. The second kappa shape index (κ2) is 6.73. The van der Waals surface area contributed by atoms with Gasteiger partial charge in [-0.3, -0.25) is 9.20 Å². The van der Waals surface area contributed by atoms with Gasteiger partial charge in [0.2, 0.25) is 0 Å². The average Bonchev–Trinajstić information content (AvgIpc) is 2.51. The Kier molecular flexibility index (Phi) is 4.71. The quantitative estimate of drug-likeness (QED) is 0.697. The molecule has 1 aromatic carbocycles. The van der Waals surface area contributed by atoms with Crippen LogP contribution in [0.4, 0.5) is 0 Å². The molecule has 0 atom stereocenters. The third-order valence-corrected chi connectivity index (χ3v) is 4.90. The summed E-state index contributed by atoms with van der Waals surface area (Å²) < 4.78 is 1.53. The van der Waals surface area contributed by atoms with Crippen LogP contribution in [0.25, 0.3) is 5.65 Å². The van der Waals surface area contributed by atoms with Gasteiger partial charge in [-0.25, -0.2) is 4.98 Å². The van der Waals surface area contributed by atoms with Crippen molar-refractivity contribution in [3.8, 4) is 0 Å². The van der Waals surface area contributed by atoms with Crippen molar-refractivity contribution in [2.24, 2.45) is 0 Å². The van der Waals surface area contributed by atoms with Crippen LogP contribution < -0.4 is 5.56 Å². The van der Waals surface area contributed by atoms with Crippen molar-refractivity contribution in [3.05, 3.63) is 80.3 Å². The van der Waals surface area contributed by atoms with E-state index in [0.29, 0.717) is 21.4 Å². The highest BCUT2D eigenvalue weighted by Gasteiger charge is 2.04. The Bertz CT molecular complexity index is 879. The fourth-order valence-corrected chi connectivity index (χ4v) is 3.27. The van der Waals surface area contributed by atoms with Crippen molar-refractivity contribution in [3.63, 3.8) is 0 Å². The monoisotopic (exact) mass is 350 g/mol. The first-order valence-electron chi connectivity index (χ1n) is 6.62. The Hall–Kier alpha value is -1.49. The lowest BCUT2D eigenvalue weighted by molar-refractivity contribution is 1.01. The summed E-state index contributed by atoms with van der Waals surface area (Å²) in [5.41, 5.74) is 2.48. The molecule has 0 saturated heterocycles. The summed E-state index contributed by atoms with van der Waals surface area (Å²) in [5.74, 6) is 1.45. The molecule has 6 heteroatoms. The van der Waals surface area contributed by atoms with Crippen LogP contribution in [0.15, 0.2) is 53.5 Å². The van der Waals surface area contributed by atoms with Gasteiger partial charge in [0.15, 0.2) is 0 Å². The molecule has 0 radical (unpaired) electrons. The van der Waals surface area contributed by atoms with E-state index in [4.69, 9.17) is 23.2 Å². The van der Waals surface area contributed by atoms with Crippen LogP contribution in [0, 0.1) is 0 Å². The number of pyridine rings is 1. The van der Waals surface area contributed by atoms with E-state index in [1.165, 1.54) is 4.40 Å². The highest BCUT2D eigenvalue weighted by molar-refractivity contribution is 7.97. The van der Waals surface area contributed by atoms with Crippen LogP contribution in [0.1, 0.15) is 11.3 Å². The molecule has 3 nitrogen and oxygen atoms in total. The number of benzene rings is 1. The topological polar surface area (TPSA) is 34.4 Å². The number of rotatable bonds is 4. The SMILES string of the molecule is O=c1cc(CSCc2ccc(Cl)c(Cl)c2)nc2ccccn12. The van der Waals surface area contributed by atoms with E-state index in [-0.39, 0.29) is 5.56 Å². The maximum atomic E-state index is 12.0. The molecule has 0 aliphatic heterocycles. The van der Waals surface area contributed by atoms with Gasteiger partial charge in [-0.2, -0.15) is 11.8 Å². The van der Waals surface area contributed by atoms with Gasteiger partial charge in [0.25, 0.3) is 5.56 Å². The van der Waals surface area contributed by atoms with Crippen molar-refractivity contribution in [2.45, 2.75) is 11.5 Å². The van der Waals surface area contributed by atoms with Gasteiger partial charge >= 0.3 is 0 Å². The molecule has 0 saturated carbocycles. The molecule has 0 unspecified atom stereocenters. The van der Waals surface area contributed by atoms with Crippen LogP contribution in [-0.4, -0.2) is 9.38 Å². The van der Waals surface area contributed by atoms with Crippen molar-refractivity contribution < 1.29 is 0 Å². The minimum absolute atomic E-state index is 0.0595. The number of fused-ring (bicyclic) bond motifs is 1. The van der Waals surface area contributed by atoms with E-state index in [2.05, 4.69) is 4.98 Å². The third-order valence-electron chi connectivity index (χ3n) is 3.13. The molecule has 0 spiro atoms. The summed E-state index contributed by atoms with van der Waals surface area (Å²) in [7, 11) is 0. The summed E-state index contributed by atoms with van der Waals surface area (Å²) in [6.07, 6.45) is 1.72. The fourth-order valence-electron chi connectivity index (χ4n) is 2.08. The summed E-state index contributed by atoms with van der Waals surface area (Å²) in [6.45, 7) is 0. The molecule has 0 fully saturated rings. The molecule has 2 aromatic heterocycles. The zero-order valence-electron chi connectivity index (χ0n) is 11.5. The Labute approximate surface area is 141 Å². The van der Waals surface area contributed by atoms with Gasteiger partial charge in [-0.1, -0.05) is 35.3 Å². The Morgan fingerprint density at radius 1 is 1.05 bits per heavy atom. The van der Waals surface area contributed by atoms with Crippen molar-refractivity contribution in [2.75, 3.05) is 0 Å². The van der Waals surface area contributed by atoms with Gasteiger partial charge in [-0.15, -0.1) is 0 Å². The van der Waals surface area contributed by atoms with Gasteiger partial charge < -0.3 is 0 Å². The molecule has 0 bridgehead atoms. The summed E-state index contributed by atoms with van der Waals surface area (Å²) in [6, 6.07) is 12.7. The van der Waals surface area contributed by atoms with Gasteiger partial charge in [0.05, 0.1) is 15.7 Å². The third kappa shape index (κ3) is 3.46. The van der Waals surface area contributed by atoms with Gasteiger partial charge in [-0.05, 0) is 29.8 Å². The number of nitrogens with zero attached hydrogens (tertiary/aromatic N) is 2. The lowest BCUT2D eigenvalue weighted by Gasteiger charge is -2.05. The summed E-state index contributed by atoms with van der Waals surface area (Å²) in [5, 5.41) is 1.11. The second-order valence-electron chi connectivity index (χ2n) is 4.76. The minimum Gasteiger partial charge on any atom is -0.269 e. The van der Waals surface area contributed by atoms with E-state index in [1.807, 2.05) is 30.3 Å². The molecule has 0 aliphatic carbocycles. The normalized spacial score (nSPS) is 11.0. The number of thioether (sulfide) groups is 1. The lowest BCUT2D eigenvalue weighted by atomic mass is 10.2. The highest BCUT2D eigenvalue weighted by atomic mass is 35.5. The standard InChI is InChI=1S/C16H12Cl2N2OS/c17-13-5-4-11(7-14(13)18)9-22-10-12-8-16(21)20-6-2-1-3-15(20)19-12/h1-8H,9-10H2. The van der Waals surface area contributed by atoms with Crippen LogP contribution in [0.2, 0.25) is 10.0 Å². The van der Waals surface area contributed by atoms with Crippen molar-refractivity contribution in [1.29, 1.82) is 0 Å². The van der Waals surface area contributed by atoms with E-state index in [0.717, 1.165) is 17.0 Å². The number of halogens is 2. The van der Waals surface area contributed by atoms with E-state index < -0.39 is 0 Å². The summed E-state index contributed by atoms with van der Waals surface area (Å²) in [4.78, 5) is 16.5. The lowest BCUT2D eigenvalue weighted by Crippen LogP contribution is -2.14. The molecule has 112 valence electrons. The molecule has 0 N–H and O–H groups in total. The average molecular weight is 351 g/mol. The maximum Gasteiger partial charge on any atom is 0.258 e. The van der Waals surface area contributed by atoms with Crippen molar-refractivity contribution in [1.82, 2.24) is 9.38 Å². The smallest absolute Gasteiger partial charge is 0.258 e. The first-order valence-corrected chi connectivity index (χ1v) is 8.53. The molecule has 0 amide bonds. The Morgan fingerprint density at radius 3 is 2.73 bits per heavy atom. The minimum atomic E-state index is -0.0595. The van der Waals surface area contributed by atoms with E-state index >= 15 is 0 Å². The number of hydrogen-bond donors (Lipinski definition) is 0. The molecular weight excluding hydrogens is 339 g/mol. The first kappa shape index (κ1) is 15.4. The molecule has 3 aromatic rings. The summed E-state index contributed by atoms with van der Waals surface area (Å²) >= 11 is 13.6. The van der Waals surface area contributed by atoms with E-state index in [1.54, 1.807) is 30.1 Å². The first-order chi connectivity index (χ1) is 10.6.